The van der Waals surface area contributed by atoms with Crippen LogP contribution in [0, 0.1) is 0 Å². The Hall–Kier alpha value is -3.48. The average Bonchev–Trinajstić information content (AvgIpc) is 3.38. The third kappa shape index (κ3) is 2.98. The number of carbonyl (C=O) groups excluding carboxylic acids is 1. The number of amides is 1. The number of tetrazole rings is 1. The summed E-state index contributed by atoms with van der Waals surface area (Å²) in [7, 11) is 0. The number of fused-ring (bicyclic) bond motifs is 3. The van der Waals surface area contributed by atoms with Crippen molar-refractivity contribution in [3.05, 3.63) is 59.3 Å². The highest BCUT2D eigenvalue weighted by Crippen LogP contribution is 2.37. The van der Waals surface area contributed by atoms with Crippen LogP contribution >= 0.6 is 0 Å². The van der Waals surface area contributed by atoms with Gasteiger partial charge in [-0.05, 0) is 84.8 Å². The monoisotopic (exact) mass is 398 g/mol. The summed E-state index contributed by atoms with van der Waals surface area (Å²) in [5.74, 6) is 0.635. The summed E-state index contributed by atoms with van der Waals surface area (Å²) in [6, 6.07) is 14.0. The normalized spacial score (nSPS) is 15.9. The van der Waals surface area contributed by atoms with Crippen molar-refractivity contribution in [3.8, 4) is 11.4 Å². The molecule has 4 aromatic rings. The number of carbonyl (C=O) groups is 1. The zero-order chi connectivity index (χ0) is 20.1. The van der Waals surface area contributed by atoms with Crippen LogP contribution in [0.2, 0.25) is 0 Å². The minimum absolute atomic E-state index is 0.110. The van der Waals surface area contributed by atoms with E-state index in [1.807, 2.05) is 47.1 Å². The largest absolute Gasteiger partial charge is 0.358 e. The van der Waals surface area contributed by atoms with Gasteiger partial charge in [-0.15, -0.1) is 5.10 Å². The van der Waals surface area contributed by atoms with Crippen LogP contribution in [0.1, 0.15) is 53.3 Å². The van der Waals surface area contributed by atoms with Gasteiger partial charge < -0.3 is 10.3 Å². The van der Waals surface area contributed by atoms with Crippen molar-refractivity contribution in [3.63, 3.8) is 0 Å². The smallest absolute Gasteiger partial charge is 0.255 e. The molecule has 30 heavy (non-hydrogen) atoms. The zero-order valence-corrected chi connectivity index (χ0v) is 16.6. The Bertz CT molecular complexity index is 1270. The lowest BCUT2D eigenvalue weighted by Gasteiger charge is -2.11. The van der Waals surface area contributed by atoms with Gasteiger partial charge in [0.1, 0.15) is 0 Å². The van der Waals surface area contributed by atoms with Gasteiger partial charge in [0.2, 0.25) is 0 Å². The van der Waals surface area contributed by atoms with E-state index in [-0.39, 0.29) is 5.91 Å². The lowest BCUT2D eigenvalue weighted by atomic mass is 9.95. The van der Waals surface area contributed by atoms with Gasteiger partial charge >= 0.3 is 0 Å². The second-order valence-electron chi connectivity index (χ2n) is 8.26. The molecule has 0 unspecified atom stereocenters. The van der Waals surface area contributed by atoms with E-state index in [1.54, 1.807) is 0 Å². The van der Waals surface area contributed by atoms with Crippen LogP contribution in [0.15, 0.2) is 42.5 Å². The highest BCUT2D eigenvalue weighted by atomic mass is 16.1. The molecule has 2 aliphatic rings. The molecule has 2 N–H and O–H groups in total. The Morgan fingerprint density at radius 3 is 2.90 bits per heavy atom. The maximum Gasteiger partial charge on any atom is 0.255 e. The van der Waals surface area contributed by atoms with Crippen LogP contribution in [0.4, 0.5) is 5.69 Å². The van der Waals surface area contributed by atoms with Crippen LogP contribution < -0.4 is 5.32 Å². The third-order valence-corrected chi connectivity index (χ3v) is 6.12. The molecule has 2 aromatic heterocycles. The van der Waals surface area contributed by atoms with Gasteiger partial charge in [-0.2, -0.15) is 0 Å². The number of nitrogens with one attached hydrogen (secondary N) is 2. The number of hydrogen-bond donors (Lipinski definition) is 2. The standard InChI is InChI=1S/C23H22N6O/c30-23(15-8-11-21-19(13-15)18-6-1-2-7-20(18)25-21)24-16-5-3-4-14(12-16)22-26-27-28-29(22)17-9-10-17/h3-5,8,11-13,17,25H,1-2,6-7,9-10H2,(H,24,30). The van der Waals surface area contributed by atoms with Crippen molar-refractivity contribution in [1.29, 1.82) is 0 Å². The fourth-order valence-electron chi connectivity index (χ4n) is 4.44. The number of rotatable bonds is 4. The maximum absolute atomic E-state index is 13.0. The van der Waals surface area contributed by atoms with E-state index in [0.29, 0.717) is 11.6 Å². The molecule has 0 bridgehead atoms. The molecule has 0 saturated heterocycles. The summed E-state index contributed by atoms with van der Waals surface area (Å²) in [6.45, 7) is 0. The van der Waals surface area contributed by atoms with E-state index in [2.05, 4.69) is 25.8 Å². The van der Waals surface area contributed by atoms with E-state index >= 15 is 0 Å². The molecule has 6 rings (SSSR count). The molecule has 2 heterocycles. The molecule has 1 fully saturated rings. The van der Waals surface area contributed by atoms with Crippen molar-refractivity contribution in [2.24, 2.45) is 0 Å². The second kappa shape index (κ2) is 6.79. The number of nitrogens with zero attached hydrogens (tertiary/aromatic N) is 4. The SMILES string of the molecule is O=C(Nc1cccc(-c2nnnn2C2CC2)c1)c1ccc2[nH]c3c(c2c1)CCCC3. The molecule has 0 aliphatic heterocycles. The minimum Gasteiger partial charge on any atom is -0.358 e. The van der Waals surface area contributed by atoms with E-state index in [1.165, 1.54) is 29.5 Å². The number of benzene rings is 2. The summed E-state index contributed by atoms with van der Waals surface area (Å²) in [5.41, 5.74) is 6.13. The second-order valence-corrected chi connectivity index (χ2v) is 8.26. The van der Waals surface area contributed by atoms with Crippen LogP contribution in [0.5, 0.6) is 0 Å². The lowest BCUT2D eigenvalue weighted by Crippen LogP contribution is -2.12. The van der Waals surface area contributed by atoms with Gasteiger partial charge in [-0.25, -0.2) is 4.68 Å². The van der Waals surface area contributed by atoms with Gasteiger partial charge in [-0.3, -0.25) is 4.79 Å². The summed E-state index contributed by atoms with van der Waals surface area (Å²) >= 11 is 0. The molecule has 7 heteroatoms. The highest BCUT2D eigenvalue weighted by molar-refractivity contribution is 6.06. The molecule has 0 atom stereocenters. The van der Waals surface area contributed by atoms with Crippen molar-refractivity contribution >= 4 is 22.5 Å². The first-order valence-corrected chi connectivity index (χ1v) is 10.6. The lowest BCUT2D eigenvalue weighted by molar-refractivity contribution is 0.102. The van der Waals surface area contributed by atoms with Crippen LogP contribution in [-0.4, -0.2) is 31.1 Å². The Balaban J connectivity index is 1.28. The number of aromatic nitrogens is 5. The Kier molecular flexibility index (Phi) is 3.94. The van der Waals surface area contributed by atoms with Crippen molar-refractivity contribution < 1.29 is 4.79 Å². The Morgan fingerprint density at radius 1 is 1.10 bits per heavy atom. The van der Waals surface area contributed by atoms with Gasteiger partial charge in [0.25, 0.3) is 5.91 Å². The summed E-state index contributed by atoms with van der Waals surface area (Å²) in [4.78, 5) is 16.5. The van der Waals surface area contributed by atoms with Gasteiger partial charge in [0.15, 0.2) is 5.82 Å². The quantitative estimate of drug-likeness (QED) is 0.537. The number of H-pyrrole nitrogens is 1. The number of anilines is 1. The minimum atomic E-state index is -0.110. The summed E-state index contributed by atoms with van der Waals surface area (Å²) in [5, 5.41) is 16.3. The fraction of sp³-hybridized carbons (Fsp3) is 0.304. The first-order valence-electron chi connectivity index (χ1n) is 10.6. The van der Waals surface area contributed by atoms with Crippen molar-refractivity contribution in [2.45, 2.75) is 44.6 Å². The van der Waals surface area contributed by atoms with E-state index < -0.39 is 0 Å². The number of aromatic amines is 1. The van der Waals surface area contributed by atoms with Gasteiger partial charge in [0, 0.05) is 33.4 Å². The van der Waals surface area contributed by atoms with Crippen LogP contribution in [0.3, 0.4) is 0 Å². The maximum atomic E-state index is 13.0. The molecule has 2 aromatic carbocycles. The molecule has 0 radical (unpaired) electrons. The van der Waals surface area contributed by atoms with Gasteiger partial charge in [0.05, 0.1) is 6.04 Å². The van der Waals surface area contributed by atoms with E-state index in [9.17, 15) is 4.79 Å². The Labute approximate surface area is 173 Å². The summed E-state index contributed by atoms with van der Waals surface area (Å²) < 4.78 is 1.88. The first-order chi connectivity index (χ1) is 14.8. The van der Waals surface area contributed by atoms with Crippen molar-refractivity contribution in [1.82, 2.24) is 25.2 Å². The zero-order valence-electron chi connectivity index (χ0n) is 16.6. The molecular weight excluding hydrogens is 376 g/mol. The average molecular weight is 398 g/mol. The summed E-state index contributed by atoms with van der Waals surface area (Å²) in [6.07, 6.45) is 6.84. The van der Waals surface area contributed by atoms with E-state index in [4.69, 9.17) is 0 Å². The molecule has 1 saturated carbocycles. The molecule has 0 spiro atoms. The molecule has 7 nitrogen and oxygen atoms in total. The molecule has 150 valence electrons. The molecular formula is C23H22N6O. The van der Waals surface area contributed by atoms with E-state index in [0.717, 1.165) is 48.3 Å². The molecule has 2 aliphatic carbocycles. The molecule has 1 amide bonds. The topological polar surface area (TPSA) is 88.5 Å². The van der Waals surface area contributed by atoms with Crippen molar-refractivity contribution in [2.75, 3.05) is 5.32 Å². The van der Waals surface area contributed by atoms with Gasteiger partial charge in [-0.1, -0.05) is 12.1 Å². The number of hydrogen-bond acceptors (Lipinski definition) is 4. The third-order valence-electron chi connectivity index (χ3n) is 6.12. The predicted molar refractivity (Wildman–Crippen MR) is 114 cm³/mol. The first kappa shape index (κ1) is 17.4. The highest BCUT2D eigenvalue weighted by Gasteiger charge is 2.28. The predicted octanol–water partition coefficient (Wildman–Crippen LogP) is 4.29. The Morgan fingerprint density at radius 2 is 2.00 bits per heavy atom. The van der Waals surface area contributed by atoms with Crippen LogP contribution in [0.25, 0.3) is 22.3 Å². The van der Waals surface area contributed by atoms with Crippen LogP contribution in [-0.2, 0) is 12.8 Å². The number of aryl methyl sites for hydroxylation is 2. The fourth-order valence-corrected chi connectivity index (χ4v) is 4.44.